The van der Waals surface area contributed by atoms with Crippen LogP contribution in [0.1, 0.15) is 19.6 Å². The average molecular weight is 167 g/mol. The van der Waals surface area contributed by atoms with Crippen molar-refractivity contribution in [3.05, 3.63) is 24.2 Å². The van der Waals surface area contributed by atoms with E-state index in [2.05, 4.69) is 5.32 Å². The summed E-state index contributed by atoms with van der Waals surface area (Å²) in [6.07, 6.45) is 1.59. The summed E-state index contributed by atoms with van der Waals surface area (Å²) in [5.41, 5.74) is 0. The smallest absolute Gasteiger partial charge is 0.222 e. The Hall–Kier alpha value is -1.25. The number of hydrogen-bond acceptors (Lipinski definition) is 2. The van der Waals surface area contributed by atoms with E-state index in [1.54, 1.807) is 12.3 Å². The molecule has 1 rings (SSSR count). The van der Waals surface area contributed by atoms with Crippen LogP contribution < -0.4 is 5.32 Å². The van der Waals surface area contributed by atoms with E-state index in [-0.39, 0.29) is 11.8 Å². The van der Waals surface area contributed by atoms with E-state index in [9.17, 15) is 4.79 Å². The molecule has 3 nitrogen and oxygen atoms in total. The topological polar surface area (TPSA) is 42.2 Å². The molecule has 0 aliphatic heterocycles. The Bertz CT molecular complexity index is 239. The maximum absolute atomic E-state index is 11.1. The van der Waals surface area contributed by atoms with E-state index < -0.39 is 0 Å². The summed E-state index contributed by atoms with van der Waals surface area (Å²) in [5, 5.41) is 2.75. The van der Waals surface area contributed by atoms with Crippen molar-refractivity contribution in [3.8, 4) is 0 Å². The Morgan fingerprint density at radius 1 is 1.67 bits per heavy atom. The van der Waals surface area contributed by atoms with Crippen LogP contribution in [0, 0.1) is 5.92 Å². The molecule has 66 valence electrons. The van der Waals surface area contributed by atoms with Crippen LogP contribution in [0.15, 0.2) is 22.8 Å². The minimum absolute atomic E-state index is 0.0277. The number of furan rings is 1. The lowest BCUT2D eigenvalue weighted by atomic mass is 10.2. The molecule has 3 heteroatoms. The van der Waals surface area contributed by atoms with Crippen LogP contribution in [0.25, 0.3) is 0 Å². The third kappa shape index (κ3) is 2.42. The third-order valence-corrected chi connectivity index (χ3v) is 1.54. The molecular formula is C9H13NO2. The van der Waals surface area contributed by atoms with Gasteiger partial charge in [-0.25, -0.2) is 0 Å². The Morgan fingerprint density at radius 3 is 2.92 bits per heavy atom. The van der Waals surface area contributed by atoms with Crippen molar-refractivity contribution in [2.24, 2.45) is 5.92 Å². The summed E-state index contributed by atoms with van der Waals surface area (Å²) in [4.78, 5) is 11.1. The van der Waals surface area contributed by atoms with Gasteiger partial charge in [-0.2, -0.15) is 0 Å². The number of amides is 1. The highest BCUT2D eigenvalue weighted by Crippen LogP contribution is 1.99. The monoisotopic (exact) mass is 167 g/mol. The maximum Gasteiger partial charge on any atom is 0.222 e. The minimum Gasteiger partial charge on any atom is -0.467 e. The second-order valence-corrected chi connectivity index (χ2v) is 2.95. The van der Waals surface area contributed by atoms with Crippen molar-refractivity contribution in [1.29, 1.82) is 0 Å². The zero-order valence-electron chi connectivity index (χ0n) is 7.33. The molecule has 0 unspecified atom stereocenters. The molecule has 12 heavy (non-hydrogen) atoms. The largest absolute Gasteiger partial charge is 0.467 e. The lowest BCUT2D eigenvalue weighted by Gasteiger charge is -2.04. The van der Waals surface area contributed by atoms with E-state index >= 15 is 0 Å². The van der Waals surface area contributed by atoms with Gasteiger partial charge in [-0.3, -0.25) is 4.79 Å². The van der Waals surface area contributed by atoms with Crippen LogP contribution in [0.4, 0.5) is 0 Å². The molecule has 1 N–H and O–H groups in total. The van der Waals surface area contributed by atoms with Crippen LogP contribution in [-0.4, -0.2) is 5.91 Å². The Kier molecular flexibility index (Phi) is 2.91. The van der Waals surface area contributed by atoms with Gasteiger partial charge in [0.15, 0.2) is 0 Å². The molecule has 0 aliphatic carbocycles. The third-order valence-electron chi connectivity index (χ3n) is 1.54. The molecule has 0 saturated carbocycles. The lowest BCUT2D eigenvalue weighted by Crippen LogP contribution is -2.26. The summed E-state index contributed by atoms with van der Waals surface area (Å²) >= 11 is 0. The Morgan fingerprint density at radius 2 is 2.42 bits per heavy atom. The number of hydrogen-bond donors (Lipinski definition) is 1. The van der Waals surface area contributed by atoms with E-state index in [4.69, 9.17) is 4.42 Å². The molecular weight excluding hydrogens is 154 g/mol. The second-order valence-electron chi connectivity index (χ2n) is 2.95. The van der Waals surface area contributed by atoms with Crippen molar-refractivity contribution < 1.29 is 9.21 Å². The van der Waals surface area contributed by atoms with Gasteiger partial charge >= 0.3 is 0 Å². The molecule has 0 bridgehead atoms. The highest BCUT2D eigenvalue weighted by molar-refractivity contribution is 5.77. The van der Waals surface area contributed by atoms with Crippen LogP contribution in [0.3, 0.4) is 0 Å². The number of carbonyl (C=O) groups excluding carboxylic acids is 1. The first-order valence-electron chi connectivity index (χ1n) is 4.00. The van der Waals surface area contributed by atoms with Gasteiger partial charge in [-0.15, -0.1) is 0 Å². The van der Waals surface area contributed by atoms with Crippen molar-refractivity contribution >= 4 is 5.91 Å². The normalized spacial score (nSPS) is 10.2. The Balaban J connectivity index is 2.32. The summed E-state index contributed by atoms with van der Waals surface area (Å²) < 4.78 is 5.05. The van der Waals surface area contributed by atoms with Crippen molar-refractivity contribution in [3.63, 3.8) is 0 Å². The summed E-state index contributed by atoms with van der Waals surface area (Å²) in [7, 11) is 0. The highest BCUT2D eigenvalue weighted by Gasteiger charge is 2.05. The van der Waals surface area contributed by atoms with Crippen molar-refractivity contribution in [2.75, 3.05) is 0 Å². The lowest BCUT2D eigenvalue weighted by molar-refractivity contribution is -0.124. The maximum atomic E-state index is 11.1. The van der Waals surface area contributed by atoms with Gasteiger partial charge < -0.3 is 9.73 Å². The van der Waals surface area contributed by atoms with Gasteiger partial charge in [0.1, 0.15) is 5.76 Å². The summed E-state index contributed by atoms with van der Waals surface area (Å²) in [6, 6.07) is 3.64. The fourth-order valence-corrected chi connectivity index (χ4v) is 0.792. The summed E-state index contributed by atoms with van der Waals surface area (Å²) in [6.45, 7) is 4.19. The fourth-order valence-electron chi connectivity index (χ4n) is 0.792. The van der Waals surface area contributed by atoms with Gasteiger partial charge in [0.2, 0.25) is 5.91 Å². The molecule has 1 amide bonds. The first-order chi connectivity index (χ1) is 5.70. The average Bonchev–Trinajstić information content (AvgIpc) is 2.51. The molecule has 0 aliphatic rings. The van der Waals surface area contributed by atoms with Gasteiger partial charge in [0, 0.05) is 5.92 Å². The minimum atomic E-state index is 0.0277. The molecule has 0 saturated heterocycles. The molecule has 1 aromatic heterocycles. The fraction of sp³-hybridized carbons (Fsp3) is 0.444. The Labute approximate surface area is 71.8 Å². The zero-order chi connectivity index (χ0) is 8.97. The van der Waals surface area contributed by atoms with Crippen LogP contribution in [-0.2, 0) is 11.3 Å². The van der Waals surface area contributed by atoms with Gasteiger partial charge in [-0.05, 0) is 12.1 Å². The first-order valence-corrected chi connectivity index (χ1v) is 4.00. The number of carbonyl (C=O) groups is 1. The van der Waals surface area contributed by atoms with Gasteiger partial charge in [0.25, 0.3) is 0 Å². The molecule has 1 aromatic rings. The van der Waals surface area contributed by atoms with E-state index in [1.807, 2.05) is 19.9 Å². The molecule has 0 fully saturated rings. The van der Waals surface area contributed by atoms with Crippen LogP contribution >= 0.6 is 0 Å². The van der Waals surface area contributed by atoms with E-state index in [0.717, 1.165) is 5.76 Å². The standard InChI is InChI=1S/C9H13NO2/c1-7(2)9(11)10-6-8-4-3-5-12-8/h3-5,7H,6H2,1-2H3,(H,10,11). The van der Waals surface area contributed by atoms with Crippen LogP contribution in [0.2, 0.25) is 0 Å². The first kappa shape index (κ1) is 8.84. The predicted molar refractivity (Wildman–Crippen MR) is 45.4 cm³/mol. The highest BCUT2D eigenvalue weighted by atomic mass is 16.3. The molecule has 0 atom stereocenters. The second kappa shape index (κ2) is 3.95. The molecule has 0 radical (unpaired) electrons. The SMILES string of the molecule is CC(C)C(=O)NCc1ccco1. The quantitative estimate of drug-likeness (QED) is 0.742. The number of rotatable bonds is 3. The zero-order valence-corrected chi connectivity index (χ0v) is 7.33. The molecule has 0 spiro atoms. The van der Waals surface area contributed by atoms with Gasteiger partial charge in [-0.1, -0.05) is 13.8 Å². The van der Waals surface area contributed by atoms with E-state index in [1.165, 1.54) is 0 Å². The number of nitrogens with one attached hydrogen (secondary N) is 1. The van der Waals surface area contributed by atoms with Crippen molar-refractivity contribution in [1.82, 2.24) is 5.32 Å². The van der Waals surface area contributed by atoms with E-state index in [0.29, 0.717) is 6.54 Å². The van der Waals surface area contributed by atoms with Gasteiger partial charge in [0.05, 0.1) is 12.8 Å². The van der Waals surface area contributed by atoms with Crippen molar-refractivity contribution in [2.45, 2.75) is 20.4 Å². The van der Waals surface area contributed by atoms with Crippen LogP contribution in [0.5, 0.6) is 0 Å². The summed E-state index contributed by atoms with van der Waals surface area (Å²) in [5.74, 6) is 0.857. The molecule has 0 aromatic carbocycles. The molecule has 1 heterocycles. The predicted octanol–water partition coefficient (Wildman–Crippen LogP) is 1.55.